The van der Waals surface area contributed by atoms with E-state index in [0.717, 1.165) is 0 Å². The van der Waals surface area contributed by atoms with Crippen molar-refractivity contribution in [1.82, 2.24) is 15.0 Å². The molecule has 1 saturated heterocycles. The zero-order chi connectivity index (χ0) is 30.7. The maximum absolute atomic E-state index is 13.2. The van der Waals surface area contributed by atoms with Crippen LogP contribution in [0.4, 0.5) is 0 Å². The van der Waals surface area contributed by atoms with Crippen molar-refractivity contribution in [2.75, 3.05) is 21.0 Å². The summed E-state index contributed by atoms with van der Waals surface area (Å²) >= 11 is 0. The molecule has 1 fully saturated rings. The number of ether oxygens (including phenoxy) is 7. The number of esters is 1. The molecule has 14 heteroatoms. The molecule has 3 aliphatic rings. The molecular formula is C30H29N3O11. The van der Waals surface area contributed by atoms with Gasteiger partial charge in [0.1, 0.15) is 43.0 Å². The number of methoxy groups -OCH3 is 2. The number of fused-ring (bicyclic) bond motifs is 3. The van der Waals surface area contributed by atoms with E-state index in [1.807, 2.05) is 12.1 Å². The summed E-state index contributed by atoms with van der Waals surface area (Å²) in [5, 5.41) is 40.2. The first kappa shape index (κ1) is 28.2. The average molecular weight is 608 g/mol. The third-order valence-corrected chi connectivity index (χ3v) is 8.09. The highest BCUT2D eigenvalue weighted by atomic mass is 16.7. The predicted molar refractivity (Wildman–Crippen MR) is 150 cm³/mol. The molecule has 1 aromatic heterocycles. The number of nitrogens with zero attached hydrogens (tertiary/aromatic N) is 3. The molecule has 3 aliphatic heterocycles. The number of hydrogen-bond acceptors (Lipinski definition) is 13. The molecule has 0 amide bonds. The lowest BCUT2D eigenvalue weighted by molar-refractivity contribution is -0.243. The van der Waals surface area contributed by atoms with Crippen LogP contribution in [0.2, 0.25) is 0 Å². The Kier molecular flexibility index (Phi) is 6.93. The number of aliphatic hydroxyl groups is 3. The summed E-state index contributed by atoms with van der Waals surface area (Å²) in [4.78, 5) is 13.2. The summed E-state index contributed by atoms with van der Waals surface area (Å²) in [6.45, 7) is 1.60. The van der Waals surface area contributed by atoms with E-state index in [1.165, 1.54) is 25.1 Å². The van der Waals surface area contributed by atoms with Gasteiger partial charge in [0.25, 0.3) is 0 Å². The fourth-order valence-corrected chi connectivity index (χ4v) is 5.82. The first-order valence-electron chi connectivity index (χ1n) is 13.8. The first-order chi connectivity index (χ1) is 21.3. The van der Waals surface area contributed by atoms with Crippen LogP contribution >= 0.6 is 0 Å². The van der Waals surface area contributed by atoms with E-state index in [1.54, 1.807) is 25.1 Å². The van der Waals surface area contributed by atoms with Gasteiger partial charge >= 0.3 is 5.97 Å². The minimum Gasteiger partial charge on any atom is -0.493 e. The second-order valence-corrected chi connectivity index (χ2v) is 10.6. The maximum atomic E-state index is 13.2. The highest BCUT2D eigenvalue weighted by Gasteiger charge is 2.43. The van der Waals surface area contributed by atoms with Crippen molar-refractivity contribution in [3.8, 4) is 39.9 Å². The molecule has 5 atom stereocenters. The normalized spacial score (nSPS) is 23.9. The summed E-state index contributed by atoms with van der Waals surface area (Å²) in [5.41, 5.74) is 2.60. The van der Waals surface area contributed by atoms with Crippen LogP contribution in [-0.2, 0) is 22.7 Å². The Morgan fingerprint density at radius 1 is 0.932 bits per heavy atom. The summed E-state index contributed by atoms with van der Waals surface area (Å²) in [7, 11) is 3.06. The van der Waals surface area contributed by atoms with Crippen LogP contribution in [0.5, 0.6) is 28.7 Å². The molecule has 230 valence electrons. The summed E-state index contributed by atoms with van der Waals surface area (Å²) in [6, 6.07) is 9.02. The van der Waals surface area contributed by atoms with Crippen molar-refractivity contribution in [2.24, 2.45) is 0 Å². The van der Waals surface area contributed by atoms with E-state index in [4.69, 9.17) is 33.2 Å². The Morgan fingerprint density at radius 3 is 2.45 bits per heavy atom. The standard InChI is InChI=1S/C30H29N3O11/c1-13-25(34)26(35)27(36)29(44-13)33-9-15(31-32-33)10-40-28-17-8-21(39-3)20(38-2)7-16(17)23(24-18(28)11-41-30(24)37)14-4-5-19-22(6-14)43-12-42-19/h4-9,13,25-27,29,34-36H,10-12H2,1-3H3/t13-,25-,26+,27+,29-/m0/s1. The molecular weight excluding hydrogens is 578 g/mol. The monoisotopic (exact) mass is 607 g/mol. The SMILES string of the molecule is COc1cc2c(OCc3cn([C@H]4O[C@@H](C)[C@H](O)[C@@H](O)[C@H]4O)nn3)c3c(c(-c4ccc5c(c4)OCO5)c2cc1OC)C(=O)OC3. The number of carbonyl (C=O) groups excluding carboxylic acids is 1. The molecule has 4 aromatic rings. The number of hydrogen-bond donors (Lipinski definition) is 3. The van der Waals surface area contributed by atoms with Crippen LogP contribution in [0.15, 0.2) is 36.5 Å². The molecule has 3 aromatic carbocycles. The summed E-state index contributed by atoms with van der Waals surface area (Å²) in [5.74, 6) is 1.96. The van der Waals surface area contributed by atoms with Crippen LogP contribution in [-0.4, -0.2) is 81.7 Å². The number of carbonyl (C=O) groups is 1. The fourth-order valence-electron chi connectivity index (χ4n) is 5.82. The molecule has 44 heavy (non-hydrogen) atoms. The Morgan fingerprint density at radius 2 is 1.68 bits per heavy atom. The van der Waals surface area contributed by atoms with Crippen molar-refractivity contribution in [2.45, 2.75) is 50.8 Å². The van der Waals surface area contributed by atoms with E-state index in [9.17, 15) is 20.1 Å². The van der Waals surface area contributed by atoms with Crippen molar-refractivity contribution in [3.05, 3.63) is 53.3 Å². The number of aromatic nitrogens is 3. The van der Waals surface area contributed by atoms with Crippen LogP contribution in [0.25, 0.3) is 21.9 Å². The average Bonchev–Trinajstić information content (AvgIpc) is 3.79. The lowest BCUT2D eigenvalue weighted by Gasteiger charge is -2.38. The van der Waals surface area contributed by atoms with Crippen molar-refractivity contribution >= 4 is 16.7 Å². The van der Waals surface area contributed by atoms with E-state index in [0.29, 0.717) is 67.5 Å². The van der Waals surface area contributed by atoms with E-state index < -0.39 is 36.6 Å². The zero-order valence-electron chi connectivity index (χ0n) is 23.9. The van der Waals surface area contributed by atoms with Gasteiger partial charge in [0.05, 0.1) is 32.1 Å². The third kappa shape index (κ3) is 4.45. The van der Waals surface area contributed by atoms with Gasteiger partial charge in [-0.15, -0.1) is 5.10 Å². The molecule has 0 bridgehead atoms. The van der Waals surface area contributed by atoms with Gasteiger partial charge in [-0.25, -0.2) is 9.48 Å². The molecule has 0 aliphatic carbocycles. The van der Waals surface area contributed by atoms with Crippen molar-refractivity contribution < 1.29 is 53.3 Å². The lowest BCUT2D eigenvalue weighted by Crippen LogP contribution is -2.54. The molecule has 4 heterocycles. The van der Waals surface area contributed by atoms with Crippen molar-refractivity contribution in [1.29, 1.82) is 0 Å². The Bertz CT molecular complexity index is 1770. The van der Waals surface area contributed by atoms with E-state index in [2.05, 4.69) is 10.3 Å². The Balaban J connectivity index is 1.31. The Hall–Kier alpha value is -4.63. The number of aliphatic hydroxyl groups excluding tert-OH is 3. The van der Waals surface area contributed by atoms with Gasteiger partial charge in [-0.3, -0.25) is 0 Å². The quantitative estimate of drug-likeness (QED) is 0.261. The highest BCUT2D eigenvalue weighted by molar-refractivity contribution is 6.14. The second kappa shape index (κ2) is 10.8. The van der Waals surface area contributed by atoms with Crippen LogP contribution in [0.1, 0.15) is 34.8 Å². The fraction of sp³-hybridized carbons (Fsp3) is 0.367. The molecule has 0 spiro atoms. The molecule has 14 nitrogen and oxygen atoms in total. The van der Waals surface area contributed by atoms with E-state index in [-0.39, 0.29) is 20.0 Å². The van der Waals surface area contributed by atoms with Gasteiger partial charge in [-0.2, -0.15) is 0 Å². The minimum absolute atomic E-state index is 0.0156. The third-order valence-electron chi connectivity index (χ3n) is 8.09. The molecule has 0 radical (unpaired) electrons. The maximum Gasteiger partial charge on any atom is 0.339 e. The number of rotatable bonds is 7. The van der Waals surface area contributed by atoms with Crippen molar-refractivity contribution in [3.63, 3.8) is 0 Å². The van der Waals surface area contributed by atoms with Crippen LogP contribution in [0.3, 0.4) is 0 Å². The second-order valence-electron chi connectivity index (χ2n) is 10.6. The van der Waals surface area contributed by atoms with Gasteiger partial charge in [0.2, 0.25) is 6.79 Å². The first-order valence-corrected chi connectivity index (χ1v) is 13.8. The highest BCUT2D eigenvalue weighted by Crippen LogP contribution is 2.49. The molecule has 0 saturated carbocycles. The largest absolute Gasteiger partial charge is 0.493 e. The topological polar surface area (TPSA) is 173 Å². The number of benzene rings is 3. The predicted octanol–water partition coefficient (Wildman–Crippen LogP) is 2.09. The van der Waals surface area contributed by atoms with Crippen LogP contribution < -0.4 is 23.7 Å². The minimum atomic E-state index is -1.43. The smallest absolute Gasteiger partial charge is 0.339 e. The van der Waals surface area contributed by atoms with Gasteiger partial charge in [-0.1, -0.05) is 11.3 Å². The zero-order valence-corrected chi connectivity index (χ0v) is 23.9. The van der Waals surface area contributed by atoms with Gasteiger partial charge in [0.15, 0.2) is 29.2 Å². The molecule has 7 rings (SSSR count). The summed E-state index contributed by atoms with van der Waals surface area (Å²) < 4.78 is 41.1. The Labute approximate surface area is 250 Å². The van der Waals surface area contributed by atoms with Crippen LogP contribution in [0, 0.1) is 0 Å². The summed E-state index contributed by atoms with van der Waals surface area (Å²) in [6.07, 6.45) is -4.40. The van der Waals surface area contributed by atoms with Gasteiger partial charge < -0.3 is 48.5 Å². The molecule has 0 unspecified atom stereocenters. The molecule has 3 N–H and O–H groups in total. The van der Waals surface area contributed by atoms with Gasteiger partial charge in [-0.05, 0) is 42.1 Å². The lowest BCUT2D eigenvalue weighted by atomic mass is 9.89. The number of cyclic esters (lactones) is 1. The van der Waals surface area contributed by atoms with E-state index >= 15 is 0 Å². The van der Waals surface area contributed by atoms with Gasteiger partial charge in [0, 0.05) is 16.5 Å².